The maximum atomic E-state index is 12.3. The number of ether oxygens (including phenoxy) is 6. The van der Waals surface area contributed by atoms with Gasteiger partial charge < -0.3 is 28.4 Å². The minimum absolute atomic E-state index is 0.292. The molecule has 3 atom stereocenters. The second-order valence-corrected chi connectivity index (χ2v) is 5.36. The minimum atomic E-state index is -1.43. The molecule has 0 amide bonds. The highest BCUT2D eigenvalue weighted by Gasteiger charge is 2.55. The minimum Gasteiger partial charge on any atom is -0.496 e. The summed E-state index contributed by atoms with van der Waals surface area (Å²) < 4.78 is 30.5. The number of carbonyl (C=O) groups is 3. The van der Waals surface area contributed by atoms with Gasteiger partial charge in [0.15, 0.2) is 17.4 Å². The van der Waals surface area contributed by atoms with E-state index in [1.165, 1.54) is 33.5 Å². The summed E-state index contributed by atoms with van der Waals surface area (Å²) in [6, 6.07) is 3.05. The molecule has 142 valence electrons. The number of methoxy groups -OCH3 is 5. The average Bonchev–Trinajstić information content (AvgIpc) is 3.02. The fourth-order valence-corrected chi connectivity index (χ4v) is 2.89. The molecule has 1 aliphatic heterocycles. The summed E-state index contributed by atoms with van der Waals surface area (Å²) in [5, 5.41) is 0. The number of rotatable bonds is 6. The first-order chi connectivity index (χ1) is 12.4. The van der Waals surface area contributed by atoms with Crippen LogP contribution in [0, 0.1) is 11.8 Å². The highest BCUT2D eigenvalue weighted by molar-refractivity contribution is 6.01. The fourth-order valence-electron chi connectivity index (χ4n) is 2.89. The Morgan fingerprint density at radius 2 is 1.38 bits per heavy atom. The zero-order valence-corrected chi connectivity index (χ0v) is 15.1. The number of hydrogen-bond acceptors (Lipinski definition) is 9. The number of hydrogen-bond donors (Lipinski definition) is 0. The monoisotopic (exact) mass is 368 g/mol. The lowest BCUT2D eigenvalue weighted by atomic mass is 9.86. The highest BCUT2D eigenvalue weighted by atomic mass is 16.6. The zero-order valence-electron chi connectivity index (χ0n) is 15.1. The predicted octanol–water partition coefficient (Wildman–Crippen LogP) is 0.889. The maximum Gasteiger partial charge on any atom is 0.322 e. The third-order valence-electron chi connectivity index (χ3n) is 4.15. The van der Waals surface area contributed by atoms with Crippen molar-refractivity contribution >= 4 is 17.9 Å². The summed E-state index contributed by atoms with van der Waals surface area (Å²) in [5.74, 6) is -4.20. The van der Waals surface area contributed by atoms with Crippen molar-refractivity contribution in [2.75, 3.05) is 35.5 Å². The topological polar surface area (TPSA) is 107 Å². The van der Waals surface area contributed by atoms with Gasteiger partial charge in [-0.3, -0.25) is 14.4 Å². The molecule has 0 aromatic heterocycles. The number of benzene rings is 1. The lowest BCUT2D eigenvalue weighted by Gasteiger charge is -2.21. The molecule has 1 aromatic rings. The van der Waals surface area contributed by atoms with E-state index in [9.17, 15) is 14.4 Å². The van der Waals surface area contributed by atoms with Crippen LogP contribution in [-0.4, -0.2) is 53.5 Å². The second kappa shape index (κ2) is 7.94. The van der Waals surface area contributed by atoms with Crippen LogP contribution in [-0.2, 0) is 28.6 Å². The zero-order chi connectivity index (χ0) is 19.4. The molecule has 0 spiro atoms. The fraction of sp³-hybridized carbons (Fsp3) is 0.471. The largest absolute Gasteiger partial charge is 0.496 e. The van der Waals surface area contributed by atoms with Gasteiger partial charge in [-0.1, -0.05) is 0 Å². The first-order valence-corrected chi connectivity index (χ1v) is 7.59. The van der Waals surface area contributed by atoms with Gasteiger partial charge in [0.25, 0.3) is 0 Å². The molecular formula is C17H20O9. The van der Waals surface area contributed by atoms with E-state index in [2.05, 4.69) is 4.74 Å². The Bertz CT molecular complexity index is 712. The van der Waals surface area contributed by atoms with Crippen molar-refractivity contribution in [3.8, 4) is 17.2 Å². The molecule has 2 unspecified atom stereocenters. The van der Waals surface area contributed by atoms with Gasteiger partial charge in [-0.25, -0.2) is 0 Å². The van der Waals surface area contributed by atoms with Crippen molar-refractivity contribution in [2.45, 2.75) is 6.10 Å². The van der Waals surface area contributed by atoms with Crippen LogP contribution in [0.1, 0.15) is 11.7 Å². The van der Waals surface area contributed by atoms with Crippen LogP contribution in [0.3, 0.4) is 0 Å². The van der Waals surface area contributed by atoms with Crippen molar-refractivity contribution in [2.24, 2.45) is 11.8 Å². The van der Waals surface area contributed by atoms with Crippen LogP contribution in [0.2, 0.25) is 0 Å². The van der Waals surface area contributed by atoms with E-state index >= 15 is 0 Å². The van der Waals surface area contributed by atoms with Crippen LogP contribution in [0.25, 0.3) is 0 Å². The van der Waals surface area contributed by atoms with Gasteiger partial charge in [0.2, 0.25) is 0 Å². The molecular weight excluding hydrogens is 348 g/mol. The summed E-state index contributed by atoms with van der Waals surface area (Å²) in [6.07, 6.45) is -1.12. The van der Waals surface area contributed by atoms with E-state index in [0.29, 0.717) is 22.8 Å². The third kappa shape index (κ3) is 3.24. The van der Waals surface area contributed by atoms with Crippen LogP contribution in [0.4, 0.5) is 0 Å². The van der Waals surface area contributed by atoms with Crippen LogP contribution in [0.15, 0.2) is 12.1 Å². The van der Waals surface area contributed by atoms with E-state index in [0.717, 1.165) is 14.2 Å². The van der Waals surface area contributed by atoms with Crippen molar-refractivity contribution in [1.82, 2.24) is 0 Å². The lowest BCUT2D eigenvalue weighted by Crippen LogP contribution is -2.33. The number of carbonyl (C=O) groups excluding carboxylic acids is 3. The molecule has 1 fully saturated rings. The summed E-state index contributed by atoms with van der Waals surface area (Å²) in [6.45, 7) is 0. The first kappa shape index (κ1) is 19.4. The van der Waals surface area contributed by atoms with Crippen LogP contribution in [0.5, 0.6) is 17.2 Å². The lowest BCUT2D eigenvalue weighted by molar-refractivity contribution is -0.159. The Balaban J connectivity index is 2.59. The Kier molecular flexibility index (Phi) is 5.91. The Morgan fingerprint density at radius 1 is 0.846 bits per heavy atom. The Morgan fingerprint density at radius 3 is 1.88 bits per heavy atom. The first-order valence-electron chi connectivity index (χ1n) is 7.59. The number of cyclic esters (lactones) is 1. The van der Waals surface area contributed by atoms with E-state index in [1.54, 1.807) is 0 Å². The summed E-state index contributed by atoms with van der Waals surface area (Å²) in [5.41, 5.74) is 0.334. The van der Waals surface area contributed by atoms with Gasteiger partial charge in [-0.05, 0) is 6.07 Å². The Hall–Kier alpha value is -2.97. The smallest absolute Gasteiger partial charge is 0.322 e. The average molecular weight is 368 g/mol. The molecule has 9 heteroatoms. The van der Waals surface area contributed by atoms with Crippen molar-refractivity contribution in [3.05, 3.63) is 17.7 Å². The van der Waals surface area contributed by atoms with Gasteiger partial charge in [0.05, 0.1) is 35.5 Å². The molecule has 1 saturated heterocycles. The highest BCUT2D eigenvalue weighted by Crippen LogP contribution is 2.46. The van der Waals surface area contributed by atoms with E-state index in [1.807, 2.05) is 0 Å². The van der Waals surface area contributed by atoms with Crippen LogP contribution >= 0.6 is 0 Å². The Labute approximate surface area is 150 Å². The normalized spacial score (nSPS) is 21.6. The summed E-state index contributed by atoms with van der Waals surface area (Å²) in [7, 11) is 6.57. The molecule has 0 bridgehead atoms. The third-order valence-corrected chi connectivity index (χ3v) is 4.15. The van der Waals surface area contributed by atoms with Gasteiger partial charge in [0.1, 0.15) is 17.8 Å². The van der Waals surface area contributed by atoms with E-state index in [-0.39, 0.29) is 0 Å². The van der Waals surface area contributed by atoms with Crippen molar-refractivity contribution in [3.63, 3.8) is 0 Å². The molecule has 1 aromatic carbocycles. The predicted molar refractivity (Wildman–Crippen MR) is 85.9 cm³/mol. The standard InChI is InChI=1S/C17H20O9/c1-21-9-7-11(23-3)10(22-2)6-8(9)14-12(15(18)24-4)13(16(19)25-5)17(20)26-14/h6-7,12-14H,1-5H3/t12?,13?,14-/m0/s1. The molecule has 2 rings (SSSR count). The summed E-state index contributed by atoms with van der Waals surface area (Å²) >= 11 is 0. The SMILES string of the molecule is COC(=O)C1C(=O)O[C@@H](c2cc(OC)c(OC)cc2OC)C1C(=O)OC. The summed E-state index contributed by atoms with van der Waals surface area (Å²) in [4.78, 5) is 36.5. The van der Waals surface area contributed by atoms with Crippen molar-refractivity contribution in [1.29, 1.82) is 0 Å². The molecule has 0 saturated carbocycles. The van der Waals surface area contributed by atoms with Crippen molar-refractivity contribution < 1.29 is 42.8 Å². The van der Waals surface area contributed by atoms with Gasteiger partial charge in [0, 0.05) is 11.6 Å². The quantitative estimate of drug-likeness (QED) is 0.411. The molecule has 0 aliphatic carbocycles. The van der Waals surface area contributed by atoms with Gasteiger partial charge in [-0.2, -0.15) is 0 Å². The van der Waals surface area contributed by atoms with E-state index in [4.69, 9.17) is 23.7 Å². The molecule has 1 aliphatic rings. The second-order valence-electron chi connectivity index (χ2n) is 5.36. The van der Waals surface area contributed by atoms with E-state index < -0.39 is 35.8 Å². The molecule has 0 N–H and O–H groups in total. The molecule has 26 heavy (non-hydrogen) atoms. The van der Waals surface area contributed by atoms with Gasteiger partial charge >= 0.3 is 17.9 Å². The molecule has 0 radical (unpaired) electrons. The van der Waals surface area contributed by atoms with Crippen LogP contribution < -0.4 is 14.2 Å². The number of esters is 3. The van der Waals surface area contributed by atoms with Gasteiger partial charge in [-0.15, -0.1) is 0 Å². The molecule has 9 nitrogen and oxygen atoms in total. The molecule has 1 heterocycles. The maximum absolute atomic E-state index is 12.3.